The molecule has 0 spiro atoms. The molecule has 0 N–H and O–H groups in total. The summed E-state index contributed by atoms with van der Waals surface area (Å²) in [5.74, 6) is 2.03. The van der Waals surface area contributed by atoms with Gasteiger partial charge in [-0.15, -0.1) is 0 Å². The van der Waals surface area contributed by atoms with Crippen LogP contribution in [0.1, 0.15) is 96.3 Å². The zero-order chi connectivity index (χ0) is 27.7. The molecule has 0 saturated carbocycles. The van der Waals surface area contributed by atoms with Crippen molar-refractivity contribution in [1.82, 2.24) is 0 Å². The van der Waals surface area contributed by atoms with Crippen molar-refractivity contribution in [3.05, 3.63) is 113 Å². The average Bonchev–Trinajstić information content (AvgIpc) is 3.32. The summed E-state index contributed by atoms with van der Waals surface area (Å²) in [6.07, 6.45) is 8.82. The van der Waals surface area contributed by atoms with E-state index in [1.807, 2.05) is 0 Å². The van der Waals surface area contributed by atoms with Crippen LogP contribution in [0, 0.1) is 5.92 Å². The van der Waals surface area contributed by atoms with Gasteiger partial charge in [0.2, 0.25) is 0 Å². The summed E-state index contributed by atoms with van der Waals surface area (Å²) in [5.41, 5.74) is 5.77. The van der Waals surface area contributed by atoms with Crippen LogP contribution in [0.5, 0.6) is 0 Å². The van der Waals surface area contributed by atoms with Crippen molar-refractivity contribution in [3.8, 4) is 0 Å². The Bertz CT molecular complexity index is 1220. The van der Waals surface area contributed by atoms with Gasteiger partial charge in [0.25, 0.3) is 0 Å². The van der Waals surface area contributed by atoms with Gasteiger partial charge in [-0.3, -0.25) is 0 Å². The summed E-state index contributed by atoms with van der Waals surface area (Å²) in [6.45, 7) is 18.6. The number of allylic oxidation sites excluding steroid dienone is 4. The average molecular weight is 660 g/mol. The van der Waals surface area contributed by atoms with E-state index in [9.17, 15) is 0 Å². The fourth-order valence-electron chi connectivity index (χ4n) is 5.97. The maximum atomic E-state index is 2.65. The molecule has 0 amide bonds. The summed E-state index contributed by atoms with van der Waals surface area (Å²) in [5, 5.41) is 4.54. The SMILES string of the molecule is CCC(C)C1=C[C]([Ti+3])([Si](c2cccc(C(C)C)c2)(c2cccc(C(C)C)c2)c2cccc(C(C)C)c2)C=C1.[Cl-].[Cl-].[Cl-]. The van der Waals surface area contributed by atoms with Crippen LogP contribution >= 0.6 is 0 Å². The molecule has 3 aromatic carbocycles. The predicted octanol–water partition coefficient (Wildman–Crippen LogP) is -0.674. The number of benzene rings is 3. The van der Waals surface area contributed by atoms with Crippen molar-refractivity contribution in [1.29, 1.82) is 0 Å². The van der Waals surface area contributed by atoms with Gasteiger partial charge in [-0.1, -0.05) is 0 Å². The molecule has 5 heteroatoms. The Morgan fingerprint density at radius 3 is 1.32 bits per heavy atom. The number of halogens is 3. The summed E-state index contributed by atoms with van der Waals surface area (Å²) < 4.78 is -0.0907. The third-order valence-electron chi connectivity index (χ3n) is 8.69. The minimum atomic E-state index is -2.61. The molecule has 0 radical (unpaired) electrons. The zero-order valence-corrected chi connectivity index (χ0v) is 30.6. The topological polar surface area (TPSA) is 0 Å². The van der Waals surface area contributed by atoms with Gasteiger partial charge in [0.1, 0.15) is 0 Å². The Labute approximate surface area is 281 Å². The molecule has 0 saturated heterocycles. The van der Waals surface area contributed by atoms with Crippen molar-refractivity contribution in [3.63, 3.8) is 0 Å². The van der Waals surface area contributed by atoms with Gasteiger partial charge < -0.3 is 37.2 Å². The van der Waals surface area contributed by atoms with Crippen LogP contribution in [0.2, 0.25) is 3.34 Å². The molecule has 1 aliphatic carbocycles. The molecule has 218 valence electrons. The van der Waals surface area contributed by atoms with E-state index in [0.717, 1.165) is 6.42 Å². The van der Waals surface area contributed by atoms with Crippen LogP contribution in [0.3, 0.4) is 0 Å². The van der Waals surface area contributed by atoms with E-state index in [1.54, 1.807) is 0 Å². The van der Waals surface area contributed by atoms with Gasteiger partial charge in [0, 0.05) is 0 Å². The largest absolute Gasteiger partial charge is 1.00 e. The van der Waals surface area contributed by atoms with Gasteiger partial charge in [-0.05, 0) is 0 Å². The van der Waals surface area contributed by atoms with Crippen molar-refractivity contribution >= 4 is 23.6 Å². The van der Waals surface area contributed by atoms with E-state index in [0.29, 0.717) is 23.7 Å². The first kappa shape index (κ1) is 38.0. The molecule has 2 unspecified atom stereocenters. The summed E-state index contributed by atoms with van der Waals surface area (Å²) in [7, 11) is -2.61. The molecule has 1 aliphatic rings. The first-order chi connectivity index (χ1) is 18.0. The maximum absolute atomic E-state index is 2.65. The molecule has 4 rings (SSSR count). The third kappa shape index (κ3) is 7.37. The van der Waals surface area contributed by atoms with Gasteiger partial charge >= 0.3 is 246 Å². The number of hydrogen-bond acceptors (Lipinski definition) is 0. The first-order valence-corrected chi connectivity index (χ1v) is 17.3. The summed E-state index contributed by atoms with van der Waals surface area (Å²) in [6, 6.07) is 28.9. The van der Waals surface area contributed by atoms with Crippen LogP contribution < -0.4 is 52.8 Å². The van der Waals surface area contributed by atoms with Crippen LogP contribution in [0.15, 0.2) is 96.6 Å². The van der Waals surface area contributed by atoms with Crippen molar-refractivity contribution in [2.75, 3.05) is 0 Å². The van der Waals surface area contributed by atoms with Crippen LogP contribution in [0.25, 0.3) is 0 Å². The van der Waals surface area contributed by atoms with E-state index < -0.39 is 8.07 Å². The molecule has 0 nitrogen and oxygen atoms in total. The Morgan fingerprint density at radius 2 is 1.00 bits per heavy atom. The van der Waals surface area contributed by atoms with E-state index >= 15 is 0 Å². The molecular weight excluding hydrogens is 615 g/mol. The second-order valence-electron chi connectivity index (χ2n) is 12.2. The Kier molecular flexibility index (Phi) is 14.4. The van der Waals surface area contributed by atoms with E-state index in [1.165, 1.54) is 37.8 Å². The van der Waals surface area contributed by atoms with Crippen molar-refractivity contribution < 1.29 is 57.7 Å². The smallest absolute Gasteiger partial charge is 1.00 e. The Balaban J connectivity index is 0.00000280. The minimum absolute atomic E-state index is 0. The Hall–Kier alpha value is -1.06. The third-order valence-corrected chi connectivity index (χ3v) is 16.0. The maximum Gasteiger partial charge on any atom is -1.00 e. The van der Waals surface area contributed by atoms with Crippen LogP contribution in [0.4, 0.5) is 0 Å². The molecule has 0 aromatic heterocycles. The fourth-order valence-corrected chi connectivity index (χ4v) is 13.7. The van der Waals surface area contributed by atoms with Crippen molar-refractivity contribution in [2.24, 2.45) is 5.92 Å². The van der Waals surface area contributed by atoms with Crippen LogP contribution in [-0.2, 0) is 20.4 Å². The summed E-state index contributed by atoms with van der Waals surface area (Å²) >= 11 is 2.53. The van der Waals surface area contributed by atoms with Gasteiger partial charge in [-0.2, -0.15) is 0 Å². The first-order valence-electron chi connectivity index (χ1n) is 14.5. The normalized spacial score (nSPS) is 17.1. The molecule has 0 aliphatic heterocycles. The van der Waals surface area contributed by atoms with Crippen LogP contribution in [-0.4, -0.2) is 8.07 Å². The molecular formula is C36H45Cl3SiTi. The number of hydrogen-bond donors (Lipinski definition) is 0. The van der Waals surface area contributed by atoms with E-state index in [2.05, 4.69) is 167 Å². The number of rotatable bonds is 9. The quantitative estimate of drug-likeness (QED) is 0.211. The Morgan fingerprint density at radius 1 is 0.634 bits per heavy atom. The zero-order valence-electron chi connectivity index (χ0n) is 25.8. The second kappa shape index (κ2) is 15.6. The molecule has 0 bridgehead atoms. The second-order valence-corrected chi connectivity index (χ2v) is 18.4. The minimum Gasteiger partial charge on any atom is -1.00 e. The monoisotopic (exact) mass is 658 g/mol. The molecule has 3 aromatic rings. The van der Waals surface area contributed by atoms with Gasteiger partial charge in [0.15, 0.2) is 0 Å². The molecule has 0 heterocycles. The van der Waals surface area contributed by atoms with E-state index in [-0.39, 0.29) is 40.6 Å². The molecule has 41 heavy (non-hydrogen) atoms. The van der Waals surface area contributed by atoms with Gasteiger partial charge in [-0.25, -0.2) is 0 Å². The molecule has 2 atom stereocenters. The fraction of sp³-hybridized carbons (Fsp3) is 0.389. The van der Waals surface area contributed by atoms with Crippen molar-refractivity contribution in [2.45, 2.75) is 82.9 Å². The molecule has 0 fully saturated rings. The predicted molar refractivity (Wildman–Crippen MR) is 166 cm³/mol. The van der Waals surface area contributed by atoms with Gasteiger partial charge in [0.05, 0.1) is 0 Å². The van der Waals surface area contributed by atoms with E-state index in [4.69, 9.17) is 0 Å². The standard InChI is InChI=1S/C36H45Si.3ClH.Ti/c1-9-28(8)32-19-20-36(24-32)37(33-16-10-13-29(21-33)25(2)3,34-17-11-14-30(22-34)26(4)5)35-18-12-15-31(23-35)27(6)7;;;;/h10-28H,9H2,1-8H3;3*1H;/q;;;;+3/p-3. The summed E-state index contributed by atoms with van der Waals surface area (Å²) in [4.78, 5) is 0.